The van der Waals surface area contributed by atoms with E-state index in [4.69, 9.17) is 11.6 Å². The van der Waals surface area contributed by atoms with Crippen molar-refractivity contribution < 1.29 is 22.8 Å². The first kappa shape index (κ1) is 21.5. The van der Waals surface area contributed by atoms with Gasteiger partial charge in [-0.3, -0.25) is 9.59 Å². The molecule has 0 spiro atoms. The largest absolute Gasteiger partial charge is 0.433 e. The Morgan fingerprint density at radius 2 is 1.66 bits per heavy atom. The van der Waals surface area contributed by atoms with Gasteiger partial charge in [0, 0.05) is 27.9 Å². The van der Waals surface area contributed by atoms with Gasteiger partial charge < -0.3 is 5.32 Å². The Labute approximate surface area is 184 Å². The summed E-state index contributed by atoms with van der Waals surface area (Å²) in [5.41, 5.74) is -0.133. The van der Waals surface area contributed by atoms with E-state index in [2.05, 4.69) is 15.4 Å². The molecule has 162 valence electrons. The van der Waals surface area contributed by atoms with Crippen LogP contribution in [0.2, 0.25) is 5.02 Å². The number of ketones is 1. The van der Waals surface area contributed by atoms with Gasteiger partial charge in [0.15, 0.2) is 22.8 Å². The van der Waals surface area contributed by atoms with E-state index in [0.29, 0.717) is 26.4 Å². The molecule has 32 heavy (non-hydrogen) atoms. The van der Waals surface area contributed by atoms with Gasteiger partial charge in [-0.1, -0.05) is 23.7 Å². The maximum absolute atomic E-state index is 13.7. The molecular formula is C22H14ClF3N4O2. The number of benzene rings is 2. The summed E-state index contributed by atoms with van der Waals surface area (Å²) in [6, 6.07) is 14.3. The summed E-state index contributed by atoms with van der Waals surface area (Å²) in [4.78, 5) is 28.2. The number of carbonyl (C=O) groups is 2. The maximum atomic E-state index is 13.7. The molecule has 0 atom stereocenters. The number of nitrogens with zero attached hydrogens (tertiary/aromatic N) is 3. The van der Waals surface area contributed by atoms with Crippen LogP contribution in [-0.4, -0.2) is 26.3 Å². The first-order valence-corrected chi connectivity index (χ1v) is 9.66. The van der Waals surface area contributed by atoms with Gasteiger partial charge in [-0.25, -0.2) is 9.50 Å². The molecule has 1 amide bonds. The van der Waals surface area contributed by atoms with Crippen LogP contribution >= 0.6 is 11.6 Å². The van der Waals surface area contributed by atoms with Crippen LogP contribution in [0.1, 0.15) is 33.5 Å². The molecule has 4 rings (SSSR count). The number of hydrogen-bond acceptors (Lipinski definition) is 4. The second-order valence-corrected chi connectivity index (χ2v) is 7.35. The van der Waals surface area contributed by atoms with Crippen LogP contribution in [0.5, 0.6) is 0 Å². The van der Waals surface area contributed by atoms with Gasteiger partial charge >= 0.3 is 6.18 Å². The van der Waals surface area contributed by atoms with E-state index in [1.807, 2.05) is 0 Å². The van der Waals surface area contributed by atoms with Gasteiger partial charge in [-0.05, 0) is 49.4 Å². The summed E-state index contributed by atoms with van der Waals surface area (Å²) in [7, 11) is 0. The Morgan fingerprint density at radius 1 is 1.00 bits per heavy atom. The fourth-order valence-corrected chi connectivity index (χ4v) is 3.17. The molecule has 0 saturated heterocycles. The zero-order valence-corrected chi connectivity index (χ0v) is 17.2. The molecular weight excluding hydrogens is 445 g/mol. The number of halogens is 4. The van der Waals surface area contributed by atoms with Crippen molar-refractivity contribution in [2.75, 3.05) is 5.32 Å². The highest BCUT2D eigenvalue weighted by Gasteiger charge is 2.35. The molecule has 0 aliphatic rings. The number of carbonyl (C=O) groups excluding carboxylic acids is 2. The molecule has 2 aromatic heterocycles. The Bertz CT molecular complexity index is 1330. The molecule has 2 heterocycles. The highest BCUT2D eigenvalue weighted by Crippen LogP contribution is 2.32. The fraction of sp³-hybridized carbons (Fsp3) is 0.0909. The molecule has 2 aromatic carbocycles. The van der Waals surface area contributed by atoms with Gasteiger partial charge in [0.25, 0.3) is 5.91 Å². The van der Waals surface area contributed by atoms with Crippen molar-refractivity contribution in [3.8, 4) is 11.3 Å². The average molecular weight is 459 g/mol. The third-order valence-electron chi connectivity index (χ3n) is 4.64. The van der Waals surface area contributed by atoms with Gasteiger partial charge in [0.1, 0.15) is 0 Å². The fourth-order valence-electron chi connectivity index (χ4n) is 3.04. The summed E-state index contributed by atoms with van der Waals surface area (Å²) in [5.74, 6) is -0.849. The van der Waals surface area contributed by atoms with Crippen molar-refractivity contribution in [3.05, 3.63) is 82.6 Å². The molecule has 0 fully saturated rings. The topological polar surface area (TPSA) is 76.4 Å². The van der Waals surface area contributed by atoms with Crippen molar-refractivity contribution in [1.29, 1.82) is 0 Å². The molecule has 0 unspecified atom stereocenters. The lowest BCUT2D eigenvalue weighted by molar-refractivity contribution is -0.142. The Balaban J connectivity index is 1.72. The predicted octanol–water partition coefficient (Wildman–Crippen LogP) is 5.52. The van der Waals surface area contributed by atoms with Crippen molar-refractivity contribution in [3.63, 3.8) is 0 Å². The number of aromatic nitrogens is 3. The van der Waals surface area contributed by atoms with Crippen LogP contribution in [-0.2, 0) is 6.18 Å². The SMILES string of the molecule is CC(=O)c1ccc(NC(=O)c2cc3nc(-c4ccc(Cl)cc4)cc(C(F)(F)F)n3n2)cc1. The molecule has 0 bridgehead atoms. The van der Waals surface area contributed by atoms with Crippen LogP contribution in [0.15, 0.2) is 60.7 Å². The normalized spacial score (nSPS) is 11.5. The minimum absolute atomic E-state index is 0.0631. The summed E-state index contributed by atoms with van der Waals surface area (Å²) < 4.78 is 41.7. The minimum Gasteiger partial charge on any atom is -0.321 e. The first-order valence-electron chi connectivity index (χ1n) is 9.28. The lowest BCUT2D eigenvalue weighted by Crippen LogP contribution is -2.15. The van der Waals surface area contributed by atoms with Crippen molar-refractivity contribution in [2.45, 2.75) is 13.1 Å². The van der Waals surface area contributed by atoms with E-state index in [1.54, 1.807) is 24.3 Å². The zero-order chi connectivity index (χ0) is 23.0. The third kappa shape index (κ3) is 4.33. The first-order chi connectivity index (χ1) is 15.1. The number of amides is 1. The standard InChI is InChI=1S/C22H14ClF3N4O2/c1-12(31)13-4-8-16(9-5-13)27-21(32)18-11-20-28-17(14-2-6-15(23)7-3-14)10-19(22(24,25)26)30(20)29-18/h2-11H,1H3,(H,27,32). The average Bonchev–Trinajstić information content (AvgIpc) is 3.17. The maximum Gasteiger partial charge on any atom is 0.433 e. The molecule has 0 aliphatic heterocycles. The number of alkyl halides is 3. The monoisotopic (exact) mass is 458 g/mol. The smallest absolute Gasteiger partial charge is 0.321 e. The molecule has 10 heteroatoms. The Hall–Kier alpha value is -3.72. The summed E-state index contributed by atoms with van der Waals surface area (Å²) in [6.45, 7) is 1.41. The molecule has 0 aliphatic carbocycles. The van der Waals surface area contributed by atoms with Gasteiger partial charge in [0.2, 0.25) is 0 Å². The number of Topliss-reactive ketones (excluding diaryl/α,β-unsaturated/α-hetero) is 1. The Morgan fingerprint density at radius 3 is 2.25 bits per heavy atom. The highest BCUT2D eigenvalue weighted by atomic mass is 35.5. The van der Waals surface area contributed by atoms with Crippen molar-refractivity contribution in [2.24, 2.45) is 0 Å². The molecule has 6 nitrogen and oxygen atoms in total. The molecule has 4 aromatic rings. The molecule has 0 radical (unpaired) electrons. The van der Waals surface area contributed by atoms with Crippen LogP contribution in [0.3, 0.4) is 0 Å². The number of fused-ring (bicyclic) bond motifs is 1. The number of nitrogens with one attached hydrogen (secondary N) is 1. The van der Waals surface area contributed by atoms with E-state index >= 15 is 0 Å². The van der Waals surface area contributed by atoms with Crippen LogP contribution < -0.4 is 5.32 Å². The summed E-state index contributed by atoms with van der Waals surface area (Å²) in [5, 5.41) is 6.80. The predicted molar refractivity (Wildman–Crippen MR) is 113 cm³/mol. The molecule has 0 saturated carbocycles. The van der Waals surface area contributed by atoms with Crippen molar-refractivity contribution in [1.82, 2.24) is 14.6 Å². The van der Waals surface area contributed by atoms with E-state index in [-0.39, 0.29) is 22.8 Å². The number of rotatable bonds is 4. The lowest BCUT2D eigenvalue weighted by atomic mass is 10.1. The quantitative estimate of drug-likeness (QED) is 0.408. The second kappa shape index (κ2) is 8.08. The third-order valence-corrected chi connectivity index (χ3v) is 4.89. The van der Waals surface area contributed by atoms with Crippen LogP contribution in [0.4, 0.5) is 18.9 Å². The van der Waals surface area contributed by atoms with E-state index in [0.717, 1.165) is 6.07 Å². The highest BCUT2D eigenvalue weighted by molar-refractivity contribution is 6.30. The van der Waals surface area contributed by atoms with Crippen molar-refractivity contribution >= 4 is 34.6 Å². The minimum atomic E-state index is -4.73. The zero-order valence-electron chi connectivity index (χ0n) is 16.4. The lowest BCUT2D eigenvalue weighted by Gasteiger charge is -2.11. The van der Waals surface area contributed by atoms with E-state index < -0.39 is 17.8 Å². The number of anilines is 1. The van der Waals surface area contributed by atoms with Gasteiger partial charge in [0.05, 0.1) is 5.69 Å². The summed E-state index contributed by atoms with van der Waals surface area (Å²) in [6.07, 6.45) is -4.73. The van der Waals surface area contributed by atoms with Crippen LogP contribution in [0.25, 0.3) is 16.9 Å². The Kier molecular flexibility index (Phi) is 5.43. The second-order valence-electron chi connectivity index (χ2n) is 6.92. The van der Waals surface area contributed by atoms with Crippen LogP contribution in [0, 0.1) is 0 Å². The molecule has 1 N–H and O–H groups in total. The van der Waals surface area contributed by atoms with Gasteiger partial charge in [-0.2, -0.15) is 18.3 Å². The van der Waals surface area contributed by atoms with Gasteiger partial charge in [-0.15, -0.1) is 0 Å². The van der Waals surface area contributed by atoms with E-state index in [9.17, 15) is 22.8 Å². The van der Waals surface area contributed by atoms with E-state index in [1.165, 1.54) is 37.3 Å². The summed E-state index contributed by atoms with van der Waals surface area (Å²) >= 11 is 5.85. The number of hydrogen-bond donors (Lipinski definition) is 1.